The Balaban J connectivity index is 1.20. The Kier molecular flexibility index (Phi) is 4.93. The maximum absolute atomic E-state index is 11.7. The van der Waals surface area contributed by atoms with Crippen LogP contribution in [0.1, 0.15) is 30.0 Å². The maximum Gasteiger partial charge on any atom is 0.267 e. The third kappa shape index (κ3) is 3.51. The summed E-state index contributed by atoms with van der Waals surface area (Å²) in [6, 6.07) is 10.4. The number of nitrogens with zero attached hydrogens (tertiary/aromatic N) is 4. The van der Waals surface area contributed by atoms with Crippen molar-refractivity contribution in [2.45, 2.75) is 35.2 Å². The van der Waals surface area contributed by atoms with Crippen LogP contribution in [-0.2, 0) is 6.42 Å². The second-order valence-corrected chi connectivity index (χ2v) is 10.2. The van der Waals surface area contributed by atoms with Crippen LogP contribution in [0.4, 0.5) is 5.95 Å². The summed E-state index contributed by atoms with van der Waals surface area (Å²) in [7, 11) is 0. The fourth-order valence-electron chi connectivity index (χ4n) is 5.07. The molecule has 1 saturated heterocycles. The van der Waals surface area contributed by atoms with Crippen molar-refractivity contribution in [1.82, 2.24) is 24.9 Å². The number of anilines is 1. The predicted molar refractivity (Wildman–Crippen MR) is 129 cm³/mol. The van der Waals surface area contributed by atoms with Crippen molar-refractivity contribution in [3.63, 3.8) is 0 Å². The number of nitrogens with one attached hydrogen (secondary N) is 2. The molecule has 0 unspecified atom stereocenters. The van der Waals surface area contributed by atoms with Crippen molar-refractivity contribution in [2.75, 3.05) is 18.0 Å². The number of H-pyrrole nitrogens is 2. The smallest absolute Gasteiger partial charge is 0.267 e. The Bertz CT molecular complexity index is 1410. The molecule has 0 saturated carbocycles. The number of halogens is 1. The van der Waals surface area contributed by atoms with Crippen molar-refractivity contribution < 1.29 is 0 Å². The van der Waals surface area contributed by atoms with Crippen LogP contribution < -0.4 is 16.2 Å². The monoisotopic (exact) mass is 479 g/mol. The highest BCUT2D eigenvalue weighted by Crippen LogP contribution is 2.50. The van der Waals surface area contributed by atoms with E-state index in [-0.39, 0.29) is 22.0 Å². The van der Waals surface area contributed by atoms with Crippen LogP contribution in [0.25, 0.3) is 11.3 Å². The molecule has 2 aliphatic rings. The first-order valence-corrected chi connectivity index (χ1v) is 12.1. The van der Waals surface area contributed by atoms with E-state index in [2.05, 4.69) is 49.1 Å². The van der Waals surface area contributed by atoms with Gasteiger partial charge in [-0.2, -0.15) is 4.98 Å². The van der Waals surface area contributed by atoms with Crippen molar-refractivity contribution in [2.24, 2.45) is 11.1 Å². The van der Waals surface area contributed by atoms with Gasteiger partial charge in [-0.25, -0.2) is 9.97 Å². The molecule has 0 amide bonds. The van der Waals surface area contributed by atoms with Crippen LogP contribution in [0.15, 0.2) is 57.4 Å². The number of aromatic nitrogens is 5. The van der Waals surface area contributed by atoms with Crippen molar-refractivity contribution >= 4 is 40.6 Å². The number of aromatic amines is 2. The zero-order chi connectivity index (χ0) is 22.6. The van der Waals surface area contributed by atoms with E-state index in [1.807, 2.05) is 0 Å². The first-order chi connectivity index (χ1) is 16.0. The minimum Gasteiger partial charge on any atom is -0.342 e. The van der Waals surface area contributed by atoms with E-state index in [0.29, 0.717) is 21.2 Å². The van der Waals surface area contributed by atoms with E-state index in [1.165, 1.54) is 22.9 Å². The Morgan fingerprint density at radius 2 is 2.00 bits per heavy atom. The van der Waals surface area contributed by atoms with Crippen LogP contribution >= 0.6 is 23.4 Å². The average Bonchev–Trinajstić information content (AvgIpc) is 3.37. The van der Waals surface area contributed by atoms with E-state index in [4.69, 9.17) is 22.3 Å². The molecule has 1 atom stereocenters. The molecule has 4 heterocycles. The van der Waals surface area contributed by atoms with Gasteiger partial charge in [0.15, 0.2) is 11.3 Å². The van der Waals surface area contributed by atoms with E-state index in [0.717, 1.165) is 38.3 Å². The number of nitrogens with two attached hydrogens (primary N) is 1. The summed E-state index contributed by atoms with van der Waals surface area (Å²) < 4.78 is 0. The molecule has 1 aromatic carbocycles. The Morgan fingerprint density at radius 1 is 1.18 bits per heavy atom. The first kappa shape index (κ1) is 20.7. The molecule has 8 nitrogen and oxygen atoms in total. The van der Waals surface area contributed by atoms with Gasteiger partial charge in [0, 0.05) is 30.2 Å². The van der Waals surface area contributed by atoms with Gasteiger partial charge < -0.3 is 20.6 Å². The second kappa shape index (κ2) is 7.86. The minimum atomic E-state index is -0.328. The van der Waals surface area contributed by atoms with Gasteiger partial charge in [0.1, 0.15) is 10.0 Å². The lowest BCUT2D eigenvalue weighted by atomic mass is 9.73. The highest BCUT2D eigenvalue weighted by molar-refractivity contribution is 7.99. The molecule has 3 aromatic heterocycles. The third-order valence-electron chi connectivity index (χ3n) is 6.90. The Labute approximate surface area is 199 Å². The van der Waals surface area contributed by atoms with Crippen LogP contribution in [0.5, 0.6) is 0 Å². The lowest BCUT2D eigenvalue weighted by molar-refractivity contribution is 0.187. The molecule has 6 rings (SSSR count). The summed E-state index contributed by atoms with van der Waals surface area (Å²) in [6.45, 7) is 1.76. The summed E-state index contributed by atoms with van der Waals surface area (Å²) in [4.78, 5) is 34.3. The van der Waals surface area contributed by atoms with Gasteiger partial charge in [-0.05, 0) is 41.9 Å². The maximum atomic E-state index is 11.7. The van der Waals surface area contributed by atoms with Gasteiger partial charge in [-0.15, -0.1) is 0 Å². The average molecular weight is 480 g/mol. The topological polar surface area (TPSA) is 117 Å². The van der Waals surface area contributed by atoms with Gasteiger partial charge in [0.25, 0.3) is 5.56 Å². The molecule has 1 aliphatic carbocycles. The van der Waals surface area contributed by atoms with Crippen LogP contribution in [0, 0.1) is 5.41 Å². The van der Waals surface area contributed by atoms with Crippen molar-refractivity contribution in [3.8, 4) is 0 Å². The number of pyridine rings is 1. The number of hydrogen-bond donors (Lipinski definition) is 3. The van der Waals surface area contributed by atoms with E-state index in [1.54, 1.807) is 18.5 Å². The highest BCUT2D eigenvalue weighted by atomic mass is 35.5. The second-order valence-electron chi connectivity index (χ2n) is 8.73. The van der Waals surface area contributed by atoms with Gasteiger partial charge in [0.2, 0.25) is 5.95 Å². The van der Waals surface area contributed by atoms with Crippen LogP contribution in [0.3, 0.4) is 0 Å². The highest BCUT2D eigenvalue weighted by Gasteiger charge is 2.46. The number of benzene rings is 1. The minimum absolute atomic E-state index is 0.0893. The SMILES string of the molecule is N[C@@H]1c2ccccc2CC12CCN(c1nc3nc(Sc4cc[nH]c(=O)c4Cl)cnc3[nH]1)CC2. The summed E-state index contributed by atoms with van der Waals surface area (Å²) >= 11 is 7.40. The number of hydrogen-bond acceptors (Lipinski definition) is 7. The molecular formula is C23H22ClN7OS. The summed E-state index contributed by atoms with van der Waals surface area (Å²) in [5, 5.41) is 0.766. The zero-order valence-electron chi connectivity index (χ0n) is 17.7. The van der Waals surface area contributed by atoms with Gasteiger partial charge >= 0.3 is 0 Å². The van der Waals surface area contributed by atoms with E-state index in [9.17, 15) is 4.79 Å². The van der Waals surface area contributed by atoms with Crippen LogP contribution in [-0.4, -0.2) is 38.0 Å². The van der Waals surface area contributed by atoms with Gasteiger partial charge in [0.05, 0.1) is 6.20 Å². The molecule has 10 heteroatoms. The standard InChI is InChI=1S/C23H22ClN7OS/c24-17-15(5-8-26-21(17)32)33-16-12-27-19-20(28-16)30-22(29-19)31-9-6-23(7-10-31)11-13-3-1-2-4-14(13)18(23)25/h1-5,8,12,18H,6-7,9-11,25H2,(H,26,32)(H,27,28,29,30)/t18-/m1/s1. The molecule has 0 bridgehead atoms. The molecular weight excluding hydrogens is 458 g/mol. The Morgan fingerprint density at radius 3 is 2.82 bits per heavy atom. The molecule has 33 heavy (non-hydrogen) atoms. The zero-order valence-corrected chi connectivity index (χ0v) is 19.3. The molecule has 4 N–H and O–H groups in total. The first-order valence-electron chi connectivity index (χ1n) is 10.9. The molecule has 168 valence electrons. The molecule has 1 spiro atoms. The number of rotatable bonds is 3. The van der Waals surface area contributed by atoms with Gasteiger partial charge in [-0.1, -0.05) is 47.6 Å². The molecule has 1 aliphatic heterocycles. The van der Waals surface area contributed by atoms with Gasteiger partial charge in [-0.3, -0.25) is 4.79 Å². The third-order valence-corrected chi connectivity index (χ3v) is 8.36. The fourth-order valence-corrected chi connectivity index (χ4v) is 6.08. The van der Waals surface area contributed by atoms with Crippen molar-refractivity contribution in [1.29, 1.82) is 0 Å². The molecule has 1 fully saturated rings. The summed E-state index contributed by atoms with van der Waals surface area (Å²) in [5.74, 6) is 0.778. The number of fused-ring (bicyclic) bond motifs is 2. The number of piperidine rings is 1. The summed E-state index contributed by atoms with van der Waals surface area (Å²) in [6.07, 6.45) is 6.30. The summed E-state index contributed by atoms with van der Waals surface area (Å²) in [5.41, 5.74) is 10.4. The quantitative estimate of drug-likeness (QED) is 0.410. The van der Waals surface area contributed by atoms with Crippen molar-refractivity contribution in [3.05, 3.63) is 69.2 Å². The van der Waals surface area contributed by atoms with Crippen LogP contribution in [0.2, 0.25) is 5.02 Å². The fraction of sp³-hybridized carbons (Fsp3) is 0.304. The largest absolute Gasteiger partial charge is 0.342 e. The normalized spacial score (nSPS) is 19.3. The Hall–Kier alpha value is -2.88. The lowest BCUT2D eigenvalue weighted by Gasteiger charge is -2.42. The van der Waals surface area contributed by atoms with E-state index < -0.39 is 0 Å². The van der Waals surface area contributed by atoms with E-state index >= 15 is 0 Å². The molecule has 0 radical (unpaired) electrons. The lowest BCUT2D eigenvalue weighted by Crippen LogP contribution is -2.44. The molecule has 4 aromatic rings. The number of imidazole rings is 1. The predicted octanol–water partition coefficient (Wildman–Crippen LogP) is 3.69.